The van der Waals surface area contributed by atoms with Gasteiger partial charge < -0.3 is 9.80 Å². The Labute approximate surface area is 215 Å². The summed E-state index contributed by atoms with van der Waals surface area (Å²) in [5, 5.41) is 3.80. The fourth-order valence-corrected chi connectivity index (χ4v) is 7.05. The van der Waals surface area contributed by atoms with Crippen LogP contribution in [-0.4, -0.2) is 48.4 Å². The maximum atomic E-state index is 13.1. The maximum Gasteiger partial charge on any atom is 0.227 e. The van der Waals surface area contributed by atoms with E-state index in [1.165, 1.54) is 89.5 Å². The summed E-state index contributed by atoms with van der Waals surface area (Å²) in [4.78, 5) is 17.9. The number of amides is 1. The molecule has 5 rings (SSSR count). The zero-order chi connectivity index (χ0) is 24.2. The molecule has 1 fully saturated rings. The van der Waals surface area contributed by atoms with Crippen LogP contribution < -0.4 is 0 Å². The van der Waals surface area contributed by atoms with Gasteiger partial charge in [-0.2, -0.15) is 0 Å². The minimum Gasteiger partial charge on any atom is -0.342 e. The lowest BCUT2D eigenvalue weighted by molar-refractivity contribution is -0.131. The molecule has 35 heavy (non-hydrogen) atoms. The molecule has 2 aliphatic rings. The summed E-state index contributed by atoms with van der Waals surface area (Å²) >= 11 is 1.88. The molecule has 2 aliphatic heterocycles. The highest BCUT2D eigenvalue weighted by Gasteiger charge is 2.26. The second-order valence-electron chi connectivity index (χ2n) is 10.8. The first-order valence-electron chi connectivity index (χ1n) is 13.6. The summed E-state index contributed by atoms with van der Waals surface area (Å²) in [7, 11) is 0. The average Bonchev–Trinajstić information content (AvgIpc) is 3.21. The molecule has 0 aliphatic carbocycles. The van der Waals surface area contributed by atoms with Crippen LogP contribution in [0, 0.1) is 19.8 Å². The molecule has 1 amide bonds. The lowest BCUT2D eigenvalue weighted by atomic mass is 9.96. The molecule has 3 heterocycles. The van der Waals surface area contributed by atoms with E-state index in [-0.39, 0.29) is 0 Å². The number of rotatable bonds is 8. The summed E-state index contributed by atoms with van der Waals surface area (Å²) in [5.74, 6) is 0.944. The van der Waals surface area contributed by atoms with E-state index in [0.29, 0.717) is 18.2 Å². The van der Waals surface area contributed by atoms with Crippen LogP contribution in [0.15, 0.2) is 41.8 Å². The Kier molecular flexibility index (Phi) is 7.89. The van der Waals surface area contributed by atoms with Crippen molar-refractivity contribution in [3.05, 3.63) is 69.6 Å². The van der Waals surface area contributed by atoms with Gasteiger partial charge in [-0.25, -0.2) is 0 Å². The van der Waals surface area contributed by atoms with Crippen LogP contribution >= 0.6 is 11.3 Å². The van der Waals surface area contributed by atoms with E-state index < -0.39 is 0 Å². The van der Waals surface area contributed by atoms with Gasteiger partial charge in [0.15, 0.2) is 0 Å². The normalized spacial score (nSPS) is 19.2. The Morgan fingerprint density at radius 2 is 1.83 bits per heavy atom. The minimum absolute atomic E-state index is 0.324. The van der Waals surface area contributed by atoms with Crippen LogP contribution in [-0.2, 0) is 24.1 Å². The molecule has 1 aromatic heterocycles. The third kappa shape index (κ3) is 5.98. The Bertz CT molecular complexity index is 1170. The summed E-state index contributed by atoms with van der Waals surface area (Å²) in [6, 6.07) is 13.4. The van der Waals surface area contributed by atoms with Gasteiger partial charge in [0.2, 0.25) is 5.91 Å². The highest BCUT2D eigenvalue weighted by molar-refractivity contribution is 7.17. The van der Waals surface area contributed by atoms with E-state index in [9.17, 15) is 4.79 Å². The molecule has 1 saturated heterocycles. The predicted octanol–water partition coefficient (Wildman–Crippen LogP) is 6.57. The van der Waals surface area contributed by atoms with Crippen molar-refractivity contribution < 1.29 is 4.79 Å². The number of fused-ring (bicyclic) bond motifs is 2. The van der Waals surface area contributed by atoms with Crippen molar-refractivity contribution >= 4 is 27.3 Å². The van der Waals surface area contributed by atoms with Gasteiger partial charge >= 0.3 is 0 Å². The van der Waals surface area contributed by atoms with E-state index in [1.807, 2.05) is 11.3 Å². The van der Waals surface area contributed by atoms with Gasteiger partial charge in [0.25, 0.3) is 0 Å². The third-order valence-electron chi connectivity index (χ3n) is 8.22. The molecule has 0 N–H and O–H groups in total. The minimum atomic E-state index is 0.324. The van der Waals surface area contributed by atoms with Crippen molar-refractivity contribution in [3.8, 4) is 0 Å². The maximum absolute atomic E-state index is 13.1. The molecule has 186 valence electrons. The lowest BCUT2D eigenvalue weighted by Crippen LogP contribution is -2.43. The first-order valence-corrected chi connectivity index (χ1v) is 14.5. The lowest BCUT2D eigenvalue weighted by Gasteiger charge is -2.35. The van der Waals surface area contributed by atoms with Crippen molar-refractivity contribution in [2.75, 3.05) is 32.7 Å². The number of carbonyl (C=O) groups excluding carboxylic acids is 1. The number of aryl methyl sites for hydroxylation is 3. The molecule has 4 heteroatoms. The number of nitrogens with zero attached hydrogens (tertiary/aromatic N) is 2. The fraction of sp³-hybridized carbons (Fsp3) is 0.516. The number of thiophene rings is 1. The van der Waals surface area contributed by atoms with Crippen LogP contribution in [0.3, 0.4) is 0 Å². The second kappa shape index (κ2) is 11.3. The molecule has 3 aromatic rings. The average molecular weight is 489 g/mol. The molecule has 1 unspecified atom stereocenters. The molecule has 1 atom stereocenters. The topological polar surface area (TPSA) is 23.6 Å². The third-order valence-corrected chi connectivity index (χ3v) is 9.24. The molecule has 0 bridgehead atoms. The summed E-state index contributed by atoms with van der Waals surface area (Å²) in [6.45, 7) is 9.74. The zero-order valence-electron chi connectivity index (χ0n) is 21.5. The first-order chi connectivity index (χ1) is 17.1. The molecule has 0 saturated carbocycles. The Balaban J connectivity index is 1.06. The number of benzene rings is 2. The van der Waals surface area contributed by atoms with E-state index >= 15 is 0 Å². The summed E-state index contributed by atoms with van der Waals surface area (Å²) in [5.41, 5.74) is 6.80. The Morgan fingerprint density at radius 1 is 1.00 bits per heavy atom. The first kappa shape index (κ1) is 24.5. The van der Waals surface area contributed by atoms with E-state index in [2.05, 4.69) is 65.4 Å². The molecule has 3 nitrogen and oxygen atoms in total. The van der Waals surface area contributed by atoms with Gasteiger partial charge in [0, 0.05) is 24.3 Å². The van der Waals surface area contributed by atoms with Crippen LogP contribution in [0.2, 0.25) is 0 Å². The molecule has 0 radical (unpaired) electrons. The van der Waals surface area contributed by atoms with Crippen LogP contribution in [0.5, 0.6) is 0 Å². The standard InChI is InChI=1S/C31H40N2OS/c1-23-17-26-13-16-33(31(34)19-28(26)18-24(23)2)21-25-9-8-15-32(20-25)14-7-3-4-10-27-22-35-30-12-6-5-11-29(27)30/h5-6,11-12,17-18,22,25H,3-4,7-10,13-16,19-21H2,1-2H3. The number of piperidine rings is 1. The summed E-state index contributed by atoms with van der Waals surface area (Å²) < 4.78 is 1.42. The Hall–Kier alpha value is -2.17. The number of hydrogen-bond donors (Lipinski definition) is 0. The number of likely N-dealkylation sites (tertiary alicyclic amines) is 1. The number of hydrogen-bond acceptors (Lipinski definition) is 3. The molecular weight excluding hydrogens is 448 g/mol. The second-order valence-corrected chi connectivity index (χ2v) is 11.8. The molecule has 0 spiro atoms. The quantitative estimate of drug-likeness (QED) is 0.335. The van der Waals surface area contributed by atoms with Gasteiger partial charge in [-0.15, -0.1) is 11.3 Å². The van der Waals surface area contributed by atoms with Crippen LogP contribution in [0.25, 0.3) is 10.1 Å². The van der Waals surface area contributed by atoms with E-state index in [4.69, 9.17) is 0 Å². The van der Waals surface area contributed by atoms with Crippen molar-refractivity contribution in [3.63, 3.8) is 0 Å². The largest absolute Gasteiger partial charge is 0.342 e. The van der Waals surface area contributed by atoms with Gasteiger partial charge in [0.05, 0.1) is 6.42 Å². The van der Waals surface area contributed by atoms with Gasteiger partial charge in [0.1, 0.15) is 0 Å². The Morgan fingerprint density at radius 3 is 2.71 bits per heavy atom. The van der Waals surface area contributed by atoms with Crippen LogP contribution in [0.1, 0.15) is 59.9 Å². The molecular formula is C31H40N2OS. The van der Waals surface area contributed by atoms with E-state index in [0.717, 1.165) is 26.1 Å². The van der Waals surface area contributed by atoms with Gasteiger partial charge in [-0.1, -0.05) is 36.8 Å². The highest BCUT2D eigenvalue weighted by atomic mass is 32.1. The number of carbonyl (C=O) groups is 1. The highest BCUT2D eigenvalue weighted by Crippen LogP contribution is 2.27. The monoisotopic (exact) mass is 488 g/mol. The van der Waals surface area contributed by atoms with Gasteiger partial charge in [-0.3, -0.25) is 4.79 Å². The fourth-order valence-electron chi connectivity index (χ4n) is 6.05. The smallest absolute Gasteiger partial charge is 0.227 e. The summed E-state index contributed by atoms with van der Waals surface area (Å²) in [6.07, 6.45) is 9.16. The van der Waals surface area contributed by atoms with Crippen molar-refractivity contribution in [1.29, 1.82) is 0 Å². The van der Waals surface area contributed by atoms with Crippen molar-refractivity contribution in [1.82, 2.24) is 9.80 Å². The van der Waals surface area contributed by atoms with E-state index in [1.54, 1.807) is 0 Å². The van der Waals surface area contributed by atoms with Crippen molar-refractivity contribution in [2.45, 2.75) is 65.2 Å². The van der Waals surface area contributed by atoms with Crippen LogP contribution in [0.4, 0.5) is 0 Å². The van der Waals surface area contributed by atoms with Gasteiger partial charge in [-0.05, 0) is 116 Å². The predicted molar refractivity (Wildman–Crippen MR) is 148 cm³/mol. The number of unbranched alkanes of at least 4 members (excludes halogenated alkanes) is 2. The molecule has 2 aromatic carbocycles. The SMILES string of the molecule is Cc1cc2c(cc1C)CC(=O)N(CC1CCCN(CCCCCc3csc4ccccc34)C1)CC2. The van der Waals surface area contributed by atoms with Crippen molar-refractivity contribution in [2.24, 2.45) is 5.92 Å². The zero-order valence-corrected chi connectivity index (χ0v) is 22.3.